The van der Waals surface area contributed by atoms with E-state index in [9.17, 15) is 9.90 Å². The number of hydrogen-bond donors (Lipinski definition) is 1. The number of halogens is 3. The molecule has 0 unspecified atom stereocenters. The number of carbonyl (C=O) groups is 1. The number of aromatic nitrogens is 2. The van der Waals surface area contributed by atoms with Gasteiger partial charge in [0.25, 0.3) is 0 Å². The van der Waals surface area contributed by atoms with Crippen LogP contribution in [0.5, 0.6) is 5.75 Å². The average Bonchev–Trinajstić information content (AvgIpc) is 3.33. The topological polar surface area (TPSA) is 64.3 Å². The Bertz CT molecular complexity index is 1630. The van der Waals surface area contributed by atoms with E-state index in [1.807, 2.05) is 84.9 Å². The molecule has 5 rings (SSSR count). The molecule has 0 amide bonds. The fourth-order valence-corrected chi connectivity index (χ4v) is 4.98. The third-order valence-corrected chi connectivity index (χ3v) is 6.92. The van der Waals surface area contributed by atoms with E-state index >= 15 is 0 Å². The van der Waals surface area contributed by atoms with Gasteiger partial charge in [-0.25, -0.2) is 4.68 Å². The molecular weight excluding hydrogens is 587 g/mol. The summed E-state index contributed by atoms with van der Waals surface area (Å²) < 4.78 is 8.93. The van der Waals surface area contributed by atoms with E-state index in [2.05, 4.69) is 15.9 Å². The van der Waals surface area contributed by atoms with Crippen molar-refractivity contribution in [3.63, 3.8) is 0 Å². The minimum absolute atomic E-state index is 0.120. The van der Waals surface area contributed by atoms with Crippen molar-refractivity contribution in [1.82, 2.24) is 9.78 Å². The van der Waals surface area contributed by atoms with E-state index in [4.69, 9.17) is 33.0 Å². The van der Waals surface area contributed by atoms with Crippen LogP contribution in [0.1, 0.15) is 11.1 Å². The number of para-hydroxylation sites is 1. The predicted octanol–water partition coefficient (Wildman–Crippen LogP) is 8.48. The number of aliphatic carboxylic acids is 1. The molecule has 5 aromatic rings. The summed E-state index contributed by atoms with van der Waals surface area (Å²) in [5.74, 6) is -0.344. The monoisotopic (exact) mass is 606 g/mol. The number of ether oxygens (including phenoxy) is 1. The van der Waals surface area contributed by atoms with Crippen LogP contribution < -0.4 is 4.74 Å². The van der Waals surface area contributed by atoms with E-state index in [0.717, 1.165) is 27.0 Å². The summed E-state index contributed by atoms with van der Waals surface area (Å²) in [6.45, 7) is 0.287. The second-order valence-corrected chi connectivity index (χ2v) is 10.4. The predicted molar refractivity (Wildman–Crippen MR) is 154 cm³/mol. The van der Waals surface area contributed by atoms with Gasteiger partial charge in [0.1, 0.15) is 12.4 Å². The van der Waals surface area contributed by atoms with Crippen molar-refractivity contribution >= 4 is 45.1 Å². The van der Waals surface area contributed by atoms with Gasteiger partial charge in [0.15, 0.2) is 0 Å². The van der Waals surface area contributed by atoms with Gasteiger partial charge < -0.3 is 9.84 Å². The molecule has 1 N–H and O–H groups in total. The number of rotatable bonds is 8. The zero-order valence-corrected chi connectivity index (χ0v) is 23.0. The van der Waals surface area contributed by atoms with Crippen molar-refractivity contribution < 1.29 is 14.6 Å². The summed E-state index contributed by atoms with van der Waals surface area (Å²) >= 11 is 16.3. The highest BCUT2D eigenvalue weighted by Crippen LogP contribution is 2.36. The van der Waals surface area contributed by atoms with E-state index in [1.165, 1.54) is 0 Å². The Balaban J connectivity index is 1.64. The molecule has 5 nitrogen and oxygen atoms in total. The lowest BCUT2D eigenvalue weighted by molar-refractivity contribution is -0.136. The number of hydrogen-bond acceptors (Lipinski definition) is 3. The van der Waals surface area contributed by atoms with Crippen molar-refractivity contribution in [3.8, 4) is 34.0 Å². The molecule has 1 aromatic heterocycles. The molecule has 8 heteroatoms. The summed E-state index contributed by atoms with van der Waals surface area (Å²) in [4.78, 5) is 11.5. The lowest BCUT2D eigenvalue weighted by atomic mass is 10.0. The van der Waals surface area contributed by atoms with Gasteiger partial charge in [-0.15, -0.1) is 0 Å². The summed E-state index contributed by atoms with van der Waals surface area (Å²) in [6.07, 6.45) is -0.120. The van der Waals surface area contributed by atoms with Crippen molar-refractivity contribution in [2.75, 3.05) is 0 Å². The van der Waals surface area contributed by atoms with Gasteiger partial charge >= 0.3 is 5.97 Å². The molecule has 190 valence electrons. The van der Waals surface area contributed by atoms with Crippen molar-refractivity contribution in [1.29, 1.82) is 0 Å². The standard InChI is InChI=1S/C30H21BrCl2N2O3/c31-22-7-4-6-21(16-22)28-17-26(34-35(28)27-10-2-1-9-25(27)33)24-14-19(15-30(36)37)11-12-29(24)38-18-20-5-3-8-23(32)13-20/h1-14,16-17H,15,18H2,(H,36,37). The molecule has 0 saturated heterocycles. The maximum Gasteiger partial charge on any atom is 0.307 e. The van der Waals surface area contributed by atoms with Gasteiger partial charge in [-0.3, -0.25) is 4.79 Å². The van der Waals surface area contributed by atoms with Crippen LogP contribution in [-0.4, -0.2) is 20.9 Å². The second kappa shape index (κ2) is 11.4. The first-order chi connectivity index (χ1) is 18.4. The van der Waals surface area contributed by atoms with Gasteiger partial charge in [0, 0.05) is 20.6 Å². The zero-order chi connectivity index (χ0) is 26.6. The summed E-state index contributed by atoms with van der Waals surface area (Å²) in [5.41, 5.74) is 5.31. The molecule has 0 bridgehead atoms. The molecule has 38 heavy (non-hydrogen) atoms. The maximum absolute atomic E-state index is 11.5. The smallest absolute Gasteiger partial charge is 0.307 e. The first kappa shape index (κ1) is 26.0. The Morgan fingerprint density at radius 3 is 2.47 bits per heavy atom. The number of nitrogens with zero attached hydrogens (tertiary/aromatic N) is 2. The van der Waals surface area contributed by atoms with Crippen LogP contribution in [0.4, 0.5) is 0 Å². The van der Waals surface area contributed by atoms with E-state index in [0.29, 0.717) is 32.6 Å². The largest absolute Gasteiger partial charge is 0.488 e. The van der Waals surface area contributed by atoms with Gasteiger partial charge in [-0.05, 0) is 65.7 Å². The van der Waals surface area contributed by atoms with Crippen LogP contribution in [0.3, 0.4) is 0 Å². The van der Waals surface area contributed by atoms with Gasteiger partial charge in [-0.2, -0.15) is 5.10 Å². The quantitative estimate of drug-likeness (QED) is 0.192. The van der Waals surface area contributed by atoms with Gasteiger partial charge in [-0.1, -0.05) is 81.6 Å². The zero-order valence-electron chi connectivity index (χ0n) is 19.9. The lowest BCUT2D eigenvalue weighted by Crippen LogP contribution is -2.03. The fraction of sp³-hybridized carbons (Fsp3) is 0.0667. The molecular formula is C30H21BrCl2N2O3. The average molecular weight is 608 g/mol. The highest BCUT2D eigenvalue weighted by atomic mass is 79.9. The summed E-state index contributed by atoms with van der Waals surface area (Å²) in [7, 11) is 0. The summed E-state index contributed by atoms with van der Waals surface area (Å²) in [5, 5.41) is 15.5. The number of carboxylic acids is 1. The Labute approximate surface area is 238 Å². The van der Waals surface area contributed by atoms with Crippen LogP contribution in [0.2, 0.25) is 10.0 Å². The Morgan fingerprint density at radius 1 is 0.895 bits per heavy atom. The van der Waals surface area contributed by atoms with Crippen LogP contribution in [0.25, 0.3) is 28.2 Å². The maximum atomic E-state index is 11.5. The first-order valence-corrected chi connectivity index (χ1v) is 13.3. The Kier molecular flexibility index (Phi) is 7.84. The van der Waals surface area contributed by atoms with Crippen LogP contribution in [0.15, 0.2) is 102 Å². The van der Waals surface area contributed by atoms with Crippen molar-refractivity contribution in [2.45, 2.75) is 13.0 Å². The van der Waals surface area contributed by atoms with E-state index < -0.39 is 5.97 Å². The van der Waals surface area contributed by atoms with E-state index in [1.54, 1.807) is 16.8 Å². The molecule has 0 radical (unpaired) electrons. The van der Waals surface area contributed by atoms with Crippen LogP contribution in [0, 0.1) is 0 Å². The number of carboxylic acid groups (broad SMARTS) is 1. The third-order valence-electron chi connectivity index (χ3n) is 5.87. The first-order valence-electron chi connectivity index (χ1n) is 11.7. The van der Waals surface area contributed by atoms with Crippen molar-refractivity contribution in [2.24, 2.45) is 0 Å². The molecule has 0 aliphatic heterocycles. The minimum atomic E-state index is -0.917. The van der Waals surface area contributed by atoms with Crippen LogP contribution >= 0.6 is 39.1 Å². The number of benzene rings is 4. The van der Waals surface area contributed by atoms with Gasteiger partial charge in [0.2, 0.25) is 0 Å². The normalized spacial score (nSPS) is 10.9. The highest BCUT2D eigenvalue weighted by molar-refractivity contribution is 9.10. The molecule has 4 aromatic carbocycles. The van der Waals surface area contributed by atoms with Gasteiger partial charge in [0.05, 0.1) is 28.5 Å². The third kappa shape index (κ3) is 5.94. The molecule has 0 saturated carbocycles. The van der Waals surface area contributed by atoms with E-state index in [-0.39, 0.29) is 13.0 Å². The fourth-order valence-electron chi connectivity index (χ4n) is 4.15. The second-order valence-electron chi connectivity index (χ2n) is 8.61. The lowest BCUT2D eigenvalue weighted by Gasteiger charge is -2.12. The molecule has 0 aliphatic rings. The highest BCUT2D eigenvalue weighted by Gasteiger charge is 2.19. The SMILES string of the molecule is O=C(O)Cc1ccc(OCc2cccc(Cl)c2)c(-c2cc(-c3cccc(Br)c3)n(-c3ccccc3Cl)n2)c1. The van der Waals surface area contributed by atoms with Crippen LogP contribution in [-0.2, 0) is 17.8 Å². The Morgan fingerprint density at radius 2 is 1.71 bits per heavy atom. The molecule has 0 spiro atoms. The molecule has 0 atom stereocenters. The minimum Gasteiger partial charge on any atom is -0.488 e. The van der Waals surface area contributed by atoms with Crippen molar-refractivity contribution in [3.05, 3.63) is 123 Å². The Hall–Kier alpha value is -3.58. The molecule has 0 fully saturated rings. The summed E-state index contributed by atoms with van der Waals surface area (Å²) in [6, 6.07) is 30.2. The molecule has 0 aliphatic carbocycles. The molecule has 1 heterocycles.